The number of hydrogen-bond acceptors (Lipinski definition) is 4. The second kappa shape index (κ2) is 7.13. The Morgan fingerprint density at radius 3 is 2.50 bits per heavy atom. The Bertz CT molecular complexity index is 662. The summed E-state index contributed by atoms with van der Waals surface area (Å²) >= 11 is 0.427. The van der Waals surface area contributed by atoms with Gasteiger partial charge in [0.2, 0.25) is 0 Å². The molecule has 2 rings (SSSR count). The second-order valence-electron chi connectivity index (χ2n) is 4.21. The van der Waals surface area contributed by atoms with E-state index in [-0.39, 0.29) is 17.1 Å². The molecule has 22 heavy (non-hydrogen) atoms. The zero-order valence-corrected chi connectivity index (χ0v) is 12.4. The van der Waals surface area contributed by atoms with Crippen molar-refractivity contribution in [2.24, 2.45) is 0 Å². The van der Waals surface area contributed by atoms with Gasteiger partial charge in [0.15, 0.2) is 11.5 Å². The number of nitrogens with one attached hydrogen (secondary N) is 1. The zero-order valence-electron chi connectivity index (χ0n) is 11.5. The van der Waals surface area contributed by atoms with Gasteiger partial charge < -0.3 is 15.2 Å². The van der Waals surface area contributed by atoms with Crippen LogP contribution in [0.2, 0.25) is 0 Å². The molecule has 7 heteroatoms. The highest BCUT2D eigenvalue weighted by Gasteiger charge is 2.15. The fourth-order valence-corrected chi connectivity index (χ4v) is 2.29. The van der Waals surface area contributed by atoms with Crippen LogP contribution >= 0.6 is 11.8 Å². The predicted octanol–water partition coefficient (Wildman–Crippen LogP) is 3.97. The Morgan fingerprint density at radius 1 is 1.23 bits per heavy atom. The molecule has 0 aliphatic heterocycles. The Hall–Kier alpha value is -2.28. The van der Waals surface area contributed by atoms with Crippen LogP contribution in [0, 0.1) is 0 Å². The summed E-state index contributed by atoms with van der Waals surface area (Å²) in [4.78, 5) is 12.5. The minimum atomic E-state index is -2.49. The Morgan fingerprint density at radius 2 is 1.91 bits per heavy atom. The van der Waals surface area contributed by atoms with Crippen LogP contribution in [0.5, 0.6) is 11.5 Å². The van der Waals surface area contributed by atoms with E-state index in [0.717, 1.165) is 0 Å². The Labute approximate surface area is 130 Å². The minimum Gasteiger partial charge on any atom is -0.504 e. The topological polar surface area (TPSA) is 58.6 Å². The highest BCUT2D eigenvalue weighted by atomic mass is 32.2. The van der Waals surface area contributed by atoms with E-state index < -0.39 is 11.7 Å². The number of methoxy groups -OCH3 is 1. The van der Waals surface area contributed by atoms with Gasteiger partial charge in [-0.05, 0) is 36.4 Å². The molecule has 0 atom stereocenters. The van der Waals surface area contributed by atoms with Crippen molar-refractivity contribution in [2.45, 2.75) is 10.7 Å². The van der Waals surface area contributed by atoms with Crippen molar-refractivity contribution in [3.05, 3.63) is 48.0 Å². The summed E-state index contributed by atoms with van der Waals surface area (Å²) in [5.41, 5.74) is 0.496. The van der Waals surface area contributed by atoms with Gasteiger partial charge in [0, 0.05) is 10.6 Å². The third kappa shape index (κ3) is 3.88. The molecule has 0 fully saturated rings. The number of para-hydroxylation sites is 1. The van der Waals surface area contributed by atoms with E-state index in [1.807, 2.05) is 0 Å². The van der Waals surface area contributed by atoms with Crippen LogP contribution in [0.1, 0.15) is 10.4 Å². The lowest BCUT2D eigenvalue weighted by Crippen LogP contribution is -2.12. The molecule has 0 heterocycles. The summed E-state index contributed by atoms with van der Waals surface area (Å²) in [5.74, 6) is -3.08. The van der Waals surface area contributed by atoms with Crippen LogP contribution in [-0.2, 0) is 0 Å². The van der Waals surface area contributed by atoms with Gasteiger partial charge in [0.1, 0.15) is 0 Å². The number of rotatable bonds is 5. The van der Waals surface area contributed by atoms with Crippen LogP contribution < -0.4 is 10.1 Å². The lowest BCUT2D eigenvalue weighted by atomic mass is 10.1. The SMILES string of the molecule is COc1cccc(C(=O)Nc2ccc(SC(F)F)cc2)c1O. The molecule has 0 bridgehead atoms. The maximum Gasteiger partial charge on any atom is 0.288 e. The van der Waals surface area contributed by atoms with E-state index in [2.05, 4.69) is 5.32 Å². The lowest BCUT2D eigenvalue weighted by Gasteiger charge is -2.10. The third-order valence-corrected chi connectivity index (χ3v) is 3.52. The summed E-state index contributed by atoms with van der Waals surface area (Å²) in [5, 5.41) is 12.5. The first-order chi connectivity index (χ1) is 10.5. The van der Waals surface area contributed by atoms with Crippen LogP contribution in [0.4, 0.5) is 14.5 Å². The number of benzene rings is 2. The van der Waals surface area contributed by atoms with E-state index in [9.17, 15) is 18.7 Å². The van der Waals surface area contributed by atoms with Gasteiger partial charge in [-0.1, -0.05) is 17.8 Å². The fourth-order valence-electron chi connectivity index (χ4n) is 1.79. The van der Waals surface area contributed by atoms with Crippen molar-refractivity contribution < 1.29 is 23.4 Å². The Kier molecular flexibility index (Phi) is 5.21. The molecule has 2 aromatic carbocycles. The number of carbonyl (C=O) groups is 1. The number of ether oxygens (including phenoxy) is 1. The van der Waals surface area contributed by atoms with Crippen molar-refractivity contribution in [1.82, 2.24) is 0 Å². The van der Waals surface area contributed by atoms with E-state index in [4.69, 9.17) is 4.74 Å². The highest BCUT2D eigenvalue weighted by Crippen LogP contribution is 2.30. The second-order valence-corrected chi connectivity index (χ2v) is 5.28. The summed E-state index contributed by atoms with van der Waals surface area (Å²) in [6.07, 6.45) is 0. The van der Waals surface area contributed by atoms with Gasteiger partial charge in [0.25, 0.3) is 11.7 Å². The quantitative estimate of drug-likeness (QED) is 0.817. The number of carbonyl (C=O) groups excluding carboxylic acids is 1. The Balaban J connectivity index is 2.12. The first-order valence-corrected chi connectivity index (χ1v) is 7.11. The van der Waals surface area contributed by atoms with Gasteiger partial charge >= 0.3 is 0 Å². The molecule has 4 nitrogen and oxygen atoms in total. The number of thioether (sulfide) groups is 1. The number of phenolic OH excluding ortho intramolecular Hbond substituents is 1. The van der Waals surface area contributed by atoms with Crippen LogP contribution in [0.3, 0.4) is 0 Å². The molecule has 0 aliphatic rings. The van der Waals surface area contributed by atoms with E-state index in [1.165, 1.54) is 43.5 Å². The van der Waals surface area contributed by atoms with E-state index in [1.54, 1.807) is 6.07 Å². The number of aromatic hydroxyl groups is 1. The average molecular weight is 325 g/mol. The molecule has 0 radical (unpaired) electrons. The zero-order chi connectivity index (χ0) is 16.1. The van der Waals surface area contributed by atoms with Crippen molar-refractivity contribution in [3.63, 3.8) is 0 Å². The van der Waals surface area contributed by atoms with Crippen molar-refractivity contribution in [3.8, 4) is 11.5 Å². The number of anilines is 1. The first kappa shape index (κ1) is 16.1. The summed E-state index contributed by atoms with van der Waals surface area (Å²) in [6.45, 7) is 0. The number of alkyl halides is 2. The molecule has 0 unspecified atom stereocenters. The van der Waals surface area contributed by atoms with Crippen LogP contribution in [-0.4, -0.2) is 23.9 Å². The largest absolute Gasteiger partial charge is 0.504 e. The van der Waals surface area contributed by atoms with Gasteiger partial charge in [-0.25, -0.2) is 0 Å². The van der Waals surface area contributed by atoms with Gasteiger partial charge in [-0.15, -0.1) is 0 Å². The highest BCUT2D eigenvalue weighted by molar-refractivity contribution is 7.99. The maximum absolute atomic E-state index is 12.2. The molecular weight excluding hydrogens is 312 g/mol. The first-order valence-electron chi connectivity index (χ1n) is 6.23. The maximum atomic E-state index is 12.2. The number of amides is 1. The fraction of sp³-hybridized carbons (Fsp3) is 0.133. The lowest BCUT2D eigenvalue weighted by molar-refractivity contribution is 0.102. The third-order valence-electron chi connectivity index (χ3n) is 2.80. The molecule has 2 aromatic rings. The van der Waals surface area contributed by atoms with E-state index in [0.29, 0.717) is 22.3 Å². The molecule has 2 N–H and O–H groups in total. The predicted molar refractivity (Wildman–Crippen MR) is 80.9 cm³/mol. The van der Waals surface area contributed by atoms with Gasteiger partial charge in [-0.2, -0.15) is 8.78 Å². The van der Waals surface area contributed by atoms with Gasteiger partial charge in [0.05, 0.1) is 12.7 Å². The average Bonchev–Trinajstić information content (AvgIpc) is 2.49. The van der Waals surface area contributed by atoms with Crippen molar-refractivity contribution in [1.29, 1.82) is 0 Å². The number of phenols is 1. The van der Waals surface area contributed by atoms with E-state index >= 15 is 0 Å². The number of halogens is 2. The molecule has 0 aliphatic carbocycles. The summed E-state index contributed by atoms with van der Waals surface area (Å²) < 4.78 is 29.4. The minimum absolute atomic E-state index is 0.0605. The standard InChI is InChI=1S/C15H13F2NO3S/c1-21-12-4-2-3-11(13(12)19)14(20)18-9-5-7-10(8-6-9)22-15(16)17/h2-8,15,19H,1H3,(H,18,20). The van der Waals surface area contributed by atoms with Crippen LogP contribution in [0.25, 0.3) is 0 Å². The summed E-state index contributed by atoms with van der Waals surface area (Å²) in [7, 11) is 1.39. The molecule has 0 spiro atoms. The monoisotopic (exact) mass is 325 g/mol. The molecule has 0 aromatic heterocycles. The molecule has 0 saturated carbocycles. The molecule has 116 valence electrons. The smallest absolute Gasteiger partial charge is 0.288 e. The van der Waals surface area contributed by atoms with Crippen molar-refractivity contribution in [2.75, 3.05) is 12.4 Å². The molecular formula is C15H13F2NO3S. The summed E-state index contributed by atoms with van der Waals surface area (Å²) in [6, 6.07) is 10.6. The normalized spacial score (nSPS) is 10.5. The van der Waals surface area contributed by atoms with Gasteiger partial charge in [-0.3, -0.25) is 4.79 Å². The molecule has 0 saturated heterocycles. The van der Waals surface area contributed by atoms with Crippen LogP contribution in [0.15, 0.2) is 47.4 Å². The van der Waals surface area contributed by atoms with Crippen molar-refractivity contribution >= 4 is 23.4 Å². The molecule has 1 amide bonds. The number of hydrogen-bond donors (Lipinski definition) is 2.